The molecule has 2 atom stereocenters. The predicted molar refractivity (Wildman–Crippen MR) is 63.5 cm³/mol. The lowest BCUT2D eigenvalue weighted by Gasteiger charge is -2.10. The molecule has 0 spiro atoms. The van der Waals surface area contributed by atoms with Crippen molar-refractivity contribution in [3.63, 3.8) is 0 Å². The summed E-state index contributed by atoms with van der Waals surface area (Å²) in [5.74, 6) is -1.95. The molecule has 9 heteroatoms. The molecule has 0 saturated carbocycles. The third-order valence-corrected chi connectivity index (χ3v) is 3.13. The van der Waals surface area contributed by atoms with Crippen LogP contribution < -0.4 is 10.6 Å². The Labute approximate surface area is 107 Å². The molecule has 0 radical (unpaired) electrons. The summed E-state index contributed by atoms with van der Waals surface area (Å²) in [6.45, 7) is 0.724. The first-order valence-corrected chi connectivity index (χ1v) is 6.64. The average molecular weight is 280 g/mol. The highest BCUT2D eigenvalue weighted by atomic mass is 32.2. The number of imide groups is 1. The fourth-order valence-electron chi connectivity index (χ4n) is 0.792. The second-order valence-corrected chi connectivity index (χ2v) is 5.26. The minimum Gasteiger partial charge on any atom is -0.480 e. The maximum atomic E-state index is 11.2. The van der Waals surface area contributed by atoms with Crippen LogP contribution in [0.15, 0.2) is 0 Å². The number of hydrogen-bond donors (Lipinski definition) is 3. The van der Waals surface area contributed by atoms with Crippen molar-refractivity contribution in [1.82, 2.24) is 10.6 Å². The first-order valence-electron chi connectivity index (χ1n) is 5.02. The monoisotopic (exact) mass is 280 g/mol. The van der Waals surface area contributed by atoms with Crippen molar-refractivity contribution in [3.05, 3.63) is 0 Å². The van der Waals surface area contributed by atoms with Crippen LogP contribution in [0.2, 0.25) is 0 Å². The van der Waals surface area contributed by atoms with Crippen molar-refractivity contribution >= 4 is 28.7 Å². The van der Waals surface area contributed by atoms with Gasteiger partial charge >= 0.3 is 12.0 Å². The largest absolute Gasteiger partial charge is 0.480 e. The number of carbonyl (C=O) groups is 3. The highest BCUT2D eigenvalue weighted by molar-refractivity contribution is 7.84. The van der Waals surface area contributed by atoms with Crippen LogP contribution in [0.25, 0.3) is 0 Å². The maximum Gasteiger partial charge on any atom is 0.329 e. The molecule has 3 N–H and O–H groups in total. The number of urea groups is 1. The molecule has 0 heterocycles. The maximum absolute atomic E-state index is 11.2. The number of ether oxygens (including phenoxy) is 1. The van der Waals surface area contributed by atoms with Gasteiger partial charge in [-0.3, -0.25) is 14.3 Å². The number of carboxylic acid groups (broad SMARTS) is 1. The number of rotatable bonds is 7. The number of nitrogens with one attached hydrogen (secondary N) is 2. The molecule has 0 aliphatic rings. The summed E-state index contributed by atoms with van der Waals surface area (Å²) < 4.78 is 15.5. The van der Waals surface area contributed by atoms with Gasteiger partial charge in [-0.05, 0) is 6.92 Å². The van der Waals surface area contributed by atoms with Crippen molar-refractivity contribution in [3.8, 4) is 0 Å². The molecule has 0 aromatic rings. The van der Waals surface area contributed by atoms with Gasteiger partial charge in [-0.2, -0.15) is 0 Å². The summed E-state index contributed by atoms with van der Waals surface area (Å²) in [5.41, 5.74) is 0. The van der Waals surface area contributed by atoms with E-state index in [1.54, 1.807) is 6.92 Å². The van der Waals surface area contributed by atoms with Gasteiger partial charge in [0.25, 0.3) is 5.91 Å². The molecule has 104 valence electrons. The lowest BCUT2D eigenvalue weighted by atomic mass is 10.5. The van der Waals surface area contributed by atoms with E-state index in [0.29, 0.717) is 0 Å². The Hall–Kier alpha value is -1.48. The molecule has 18 heavy (non-hydrogen) atoms. The number of carbonyl (C=O) groups excluding carboxylic acids is 2. The summed E-state index contributed by atoms with van der Waals surface area (Å²) in [7, 11) is -1.07. The fourth-order valence-corrected chi connectivity index (χ4v) is 1.11. The third kappa shape index (κ3) is 8.65. The first-order chi connectivity index (χ1) is 8.32. The fraction of sp³-hybridized carbons (Fsp3) is 0.667. The van der Waals surface area contributed by atoms with Gasteiger partial charge in [0.1, 0.15) is 13.2 Å². The molecule has 8 nitrogen and oxygen atoms in total. The Bertz CT molecular complexity index is 346. The molecule has 0 aliphatic heterocycles. The van der Waals surface area contributed by atoms with E-state index in [-0.39, 0.29) is 11.8 Å². The normalized spacial score (nSPS) is 13.4. The van der Waals surface area contributed by atoms with Gasteiger partial charge in [-0.25, -0.2) is 9.59 Å². The molecule has 0 aromatic carbocycles. The summed E-state index contributed by atoms with van der Waals surface area (Å²) in [4.78, 5) is 32.3. The minimum atomic E-state index is -1.20. The quantitative estimate of drug-likeness (QED) is 0.532. The topological polar surface area (TPSA) is 122 Å². The highest BCUT2D eigenvalue weighted by Crippen LogP contribution is 1.89. The van der Waals surface area contributed by atoms with Crippen LogP contribution in [0.5, 0.6) is 0 Å². The standard InChI is InChI=1S/C9H16N2O6S/c1-6(18(2)16)3-10-9(15)11-7(12)4-17-5-8(13)14/h6H,3-5H2,1-2H3,(H,13,14)(H2,10,11,12,15). The molecule has 0 rings (SSSR count). The Balaban J connectivity index is 3.77. The van der Waals surface area contributed by atoms with Gasteiger partial charge in [0, 0.05) is 28.9 Å². The van der Waals surface area contributed by atoms with Crippen molar-refractivity contribution in [1.29, 1.82) is 0 Å². The number of carboxylic acids is 1. The van der Waals surface area contributed by atoms with Crippen LogP contribution >= 0.6 is 0 Å². The van der Waals surface area contributed by atoms with E-state index in [9.17, 15) is 18.6 Å². The van der Waals surface area contributed by atoms with Gasteiger partial charge in [0.15, 0.2) is 0 Å². The van der Waals surface area contributed by atoms with E-state index in [2.05, 4.69) is 10.1 Å². The molecule has 2 unspecified atom stereocenters. The summed E-state index contributed by atoms with van der Waals surface area (Å²) >= 11 is 0. The van der Waals surface area contributed by atoms with Crippen LogP contribution in [-0.4, -0.2) is 58.5 Å². The smallest absolute Gasteiger partial charge is 0.329 e. The molecule has 0 aliphatic carbocycles. The van der Waals surface area contributed by atoms with Gasteiger partial charge < -0.3 is 15.2 Å². The lowest BCUT2D eigenvalue weighted by molar-refractivity contribution is -0.143. The average Bonchev–Trinajstić information content (AvgIpc) is 2.24. The summed E-state index contributed by atoms with van der Waals surface area (Å²) in [5, 5.41) is 12.3. The zero-order valence-electron chi connectivity index (χ0n) is 10.1. The Kier molecular flexibility index (Phi) is 7.88. The van der Waals surface area contributed by atoms with Crippen LogP contribution in [0.4, 0.5) is 4.79 Å². The number of hydrogen-bond acceptors (Lipinski definition) is 5. The second-order valence-electron chi connectivity index (χ2n) is 3.45. The molecule has 3 amide bonds. The van der Waals surface area contributed by atoms with Gasteiger partial charge in [0.05, 0.1) is 0 Å². The molecular formula is C9H16N2O6S. The predicted octanol–water partition coefficient (Wildman–Crippen LogP) is -1.32. The molecular weight excluding hydrogens is 264 g/mol. The molecule has 0 aromatic heterocycles. The van der Waals surface area contributed by atoms with Gasteiger partial charge in [-0.1, -0.05) is 0 Å². The first kappa shape index (κ1) is 16.5. The molecule has 0 saturated heterocycles. The van der Waals surface area contributed by atoms with E-state index in [4.69, 9.17) is 5.11 Å². The lowest BCUT2D eigenvalue weighted by Crippen LogP contribution is -2.44. The van der Waals surface area contributed by atoms with Crippen molar-refractivity contribution < 1.29 is 28.4 Å². The minimum absolute atomic E-state index is 0.165. The number of aliphatic carboxylic acids is 1. The van der Waals surface area contributed by atoms with Gasteiger partial charge in [-0.15, -0.1) is 0 Å². The second kappa shape index (κ2) is 8.59. The Morgan fingerprint density at radius 3 is 2.44 bits per heavy atom. The zero-order valence-corrected chi connectivity index (χ0v) is 10.9. The van der Waals surface area contributed by atoms with E-state index in [1.165, 1.54) is 6.26 Å². The van der Waals surface area contributed by atoms with E-state index >= 15 is 0 Å². The van der Waals surface area contributed by atoms with E-state index < -0.39 is 41.9 Å². The highest BCUT2D eigenvalue weighted by Gasteiger charge is 2.11. The van der Waals surface area contributed by atoms with Crippen LogP contribution in [0.1, 0.15) is 6.92 Å². The van der Waals surface area contributed by atoms with Gasteiger partial charge in [0.2, 0.25) is 0 Å². The van der Waals surface area contributed by atoms with Crippen LogP contribution in [0.3, 0.4) is 0 Å². The number of amides is 3. The summed E-state index contributed by atoms with van der Waals surface area (Å²) in [6.07, 6.45) is 1.51. The molecule has 0 fully saturated rings. The molecule has 0 bridgehead atoms. The van der Waals surface area contributed by atoms with Crippen LogP contribution in [0, 0.1) is 0 Å². The summed E-state index contributed by atoms with van der Waals surface area (Å²) in [6, 6.07) is -0.740. The van der Waals surface area contributed by atoms with Crippen molar-refractivity contribution in [2.24, 2.45) is 0 Å². The Morgan fingerprint density at radius 2 is 1.94 bits per heavy atom. The zero-order chi connectivity index (χ0) is 14.1. The Morgan fingerprint density at radius 1 is 1.33 bits per heavy atom. The van der Waals surface area contributed by atoms with Crippen molar-refractivity contribution in [2.45, 2.75) is 12.2 Å². The SMILES string of the molecule is CC(CNC(=O)NC(=O)COCC(=O)O)S(C)=O. The van der Waals surface area contributed by atoms with Crippen LogP contribution in [-0.2, 0) is 25.1 Å². The van der Waals surface area contributed by atoms with E-state index in [1.807, 2.05) is 5.32 Å². The van der Waals surface area contributed by atoms with E-state index in [0.717, 1.165) is 0 Å². The third-order valence-electron chi connectivity index (χ3n) is 1.83. The van der Waals surface area contributed by atoms with Crippen molar-refractivity contribution in [2.75, 3.05) is 26.0 Å².